The second-order valence-electron chi connectivity index (χ2n) is 15.4. The molecular formula is C42H83NO7P+. The van der Waals surface area contributed by atoms with Crippen molar-refractivity contribution in [1.82, 2.24) is 0 Å². The third-order valence-corrected chi connectivity index (χ3v) is 9.97. The molecule has 0 aromatic carbocycles. The van der Waals surface area contributed by atoms with Crippen molar-refractivity contribution in [2.24, 2.45) is 0 Å². The predicted octanol–water partition coefficient (Wildman–Crippen LogP) is 12.0. The van der Waals surface area contributed by atoms with Crippen LogP contribution in [0.25, 0.3) is 0 Å². The molecule has 0 rings (SSSR count). The highest BCUT2D eigenvalue weighted by Gasteiger charge is 2.26. The van der Waals surface area contributed by atoms with E-state index in [1.54, 1.807) is 0 Å². The molecule has 0 aliphatic carbocycles. The molecule has 1 N–H and O–H groups in total. The van der Waals surface area contributed by atoms with Crippen molar-refractivity contribution in [3.63, 3.8) is 0 Å². The number of phosphoric ester groups is 1. The Hall–Kier alpha value is -1.02. The first-order valence-corrected chi connectivity index (χ1v) is 22.6. The number of likely N-dealkylation sites (N-methyl/N-ethyl adjacent to an activating group) is 1. The van der Waals surface area contributed by atoms with E-state index in [0.717, 1.165) is 44.9 Å². The fourth-order valence-electron chi connectivity index (χ4n) is 5.66. The Bertz CT molecular complexity index is 874. The van der Waals surface area contributed by atoms with Crippen molar-refractivity contribution in [2.45, 2.75) is 187 Å². The third-order valence-electron chi connectivity index (χ3n) is 8.99. The molecule has 0 aliphatic rings. The first-order valence-electron chi connectivity index (χ1n) is 21.1. The summed E-state index contributed by atoms with van der Waals surface area (Å²) in [5.41, 5.74) is 0. The van der Waals surface area contributed by atoms with Crippen LogP contribution in [-0.4, -0.2) is 75.6 Å². The number of quaternary nitrogens is 1. The number of allylic oxidation sites excluding steroid dienone is 4. The van der Waals surface area contributed by atoms with E-state index in [-0.39, 0.29) is 25.8 Å². The summed E-state index contributed by atoms with van der Waals surface area (Å²) >= 11 is 0. The van der Waals surface area contributed by atoms with Gasteiger partial charge in [-0.05, 0) is 64.2 Å². The molecule has 2 unspecified atom stereocenters. The van der Waals surface area contributed by atoms with E-state index in [4.69, 9.17) is 18.5 Å². The summed E-state index contributed by atoms with van der Waals surface area (Å²) < 4.78 is 34.9. The quantitative estimate of drug-likeness (QED) is 0.0220. The molecule has 0 aromatic heterocycles. The summed E-state index contributed by atoms with van der Waals surface area (Å²) in [6, 6.07) is 0. The van der Waals surface area contributed by atoms with Gasteiger partial charge in [0.25, 0.3) is 0 Å². The number of nitrogens with zero attached hydrogens (tertiary/aromatic N) is 1. The monoisotopic (exact) mass is 745 g/mol. The number of hydrogen-bond donors (Lipinski definition) is 1. The van der Waals surface area contributed by atoms with Crippen molar-refractivity contribution in [2.75, 3.05) is 54.1 Å². The first-order chi connectivity index (χ1) is 24.6. The van der Waals surface area contributed by atoms with Gasteiger partial charge in [0.05, 0.1) is 34.4 Å². The molecule has 0 aromatic rings. The van der Waals surface area contributed by atoms with Crippen LogP contribution in [0.15, 0.2) is 24.3 Å². The highest BCUT2D eigenvalue weighted by molar-refractivity contribution is 7.47. The Kier molecular flexibility index (Phi) is 35.3. The first kappa shape index (κ1) is 50.0. The van der Waals surface area contributed by atoms with Crippen molar-refractivity contribution in [3.05, 3.63) is 24.3 Å². The van der Waals surface area contributed by atoms with Crippen LogP contribution >= 0.6 is 7.82 Å². The van der Waals surface area contributed by atoms with Gasteiger partial charge in [-0.2, -0.15) is 0 Å². The molecule has 0 fully saturated rings. The van der Waals surface area contributed by atoms with Crippen LogP contribution in [0.4, 0.5) is 0 Å². The average molecular weight is 745 g/mol. The summed E-state index contributed by atoms with van der Waals surface area (Å²) in [5.74, 6) is -0.324. The van der Waals surface area contributed by atoms with Crippen molar-refractivity contribution in [1.29, 1.82) is 0 Å². The number of rotatable bonds is 39. The Labute approximate surface area is 315 Å². The lowest BCUT2D eigenvalue weighted by molar-refractivity contribution is -0.870. The molecule has 0 spiro atoms. The molecule has 0 bridgehead atoms. The van der Waals surface area contributed by atoms with E-state index in [9.17, 15) is 14.3 Å². The van der Waals surface area contributed by atoms with Crippen LogP contribution in [0.1, 0.15) is 181 Å². The third kappa shape index (κ3) is 40.0. The Balaban J connectivity index is 4.28. The van der Waals surface area contributed by atoms with E-state index >= 15 is 0 Å². The molecule has 51 heavy (non-hydrogen) atoms. The van der Waals surface area contributed by atoms with Crippen LogP contribution in [0.2, 0.25) is 0 Å². The summed E-state index contributed by atoms with van der Waals surface area (Å²) in [7, 11) is 1.66. The van der Waals surface area contributed by atoms with Crippen LogP contribution in [0.5, 0.6) is 0 Å². The molecule has 0 aliphatic heterocycles. The number of hydrogen-bond acceptors (Lipinski definition) is 6. The van der Waals surface area contributed by atoms with Gasteiger partial charge in [-0.1, -0.05) is 134 Å². The fraction of sp³-hybridized carbons (Fsp3) is 0.881. The van der Waals surface area contributed by atoms with Crippen molar-refractivity contribution >= 4 is 13.8 Å². The fourth-order valence-corrected chi connectivity index (χ4v) is 6.40. The largest absolute Gasteiger partial charge is 0.472 e. The van der Waals surface area contributed by atoms with E-state index in [1.807, 2.05) is 21.1 Å². The molecule has 0 amide bonds. The van der Waals surface area contributed by atoms with Crippen LogP contribution < -0.4 is 0 Å². The molecule has 0 saturated carbocycles. The highest BCUT2D eigenvalue weighted by Crippen LogP contribution is 2.43. The zero-order chi connectivity index (χ0) is 37.7. The zero-order valence-electron chi connectivity index (χ0n) is 34.1. The summed E-state index contributed by atoms with van der Waals surface area (Å²) in [4.78, 5) is 22.8. The van der Waals surface area contributed by atoms with Crippen molar-refractivity contribution in [3.8, 4) is 0 Å². The predicted molar refractivity (Wildman–Crippen MR) is 215 cm³/mol. The number of esters is 1. The maximum absolute atomic E-state index is 12.7. The van der Waals surface area contributed by atoms with Crippen LogP contribution in [-0.2, 0) is 27.9 Å². The minimum Gasteiger partial charge on any atom is -0.457 e. The number of ether oxygens (including phenoxy) is 2. The minimum atomic E-state index is -4.27. The maximum Gasteiger partial charge on any atom is 0.472 e. The lowest BCUT2D eigenvalue weighted by Crippen LogP contribution is -2.37. The number of carbonyl (C=O) groups excluding carboxylic acids is 1. The van der Waals surface area contributed by atoms with E-state index in [1.165, 1.54) is 116 Å². The standard InChI is InChI=1S/C42H82NO7P/c1-6-8-10-12-14-16-18-20-22-23-25-27-29-31-33-35-42(44)50-41(40-49-51(45,46)48-38-36-43(3,4)5)39-47-37-34-32-30-28-26-24-21-19-17-15-13-11-9-7-2/h17,19-20,22,41H,6-16,18,21,23-40H2,1-5H3/p+1/b19-17-,22-20-. The van der Waals surface area contributed by atoms with Crippen LogP contribution in [0, 0.1) is 0 Å². The highest BCUT2D eigenvalue weighted by atomic mass is 31.2. The Morgan fingerprint density at radius 2 is 1.02 bits per heavy atom. The zero-order valence-corrected chi connectivity index (χ0v) is 35.0. The molecular weight excluding hydrogens is 661 g/mol. The SMILES string of the molecule is CCCCCC/C=C\CCCCCCCCOCC(COP(=O)(O)OCC[N+](C)(C)C)OC(=O)CCCCCCC/C=C\CCCCCCCC. The molecule has 302 valence electrons. The van der Waals surface area contributed by atoms with Gasteiger partial charge in [0.1, 0.15) is 19.3 Å². The lowest BCUT2D eigenvalue weighted by atomic mass is 10.1. The molecule has 2 atom stereocenters. The molecule has 0 radical (unpaired) electrons. The number of carbonyl (C=O) groups is 1. The topological polar surface area (TPSA) is 91.3 Å². The van der Waals surface area contributed by atoms with E-state index < -0.39 is 13.9 Å². The van der Waals surface area contributed by atoms with E-state index in [0.29, 0.717) is 24.1 Å². The number of unbranched alkanes of at least 4 members (excludes halogenated alkanes) is 21. The van der Waals surface area contributed by atoms with Gasteiger partial charge in [0.15, 0.2) is 0 Å². The minimum absolute atomic E-state index is 0.0868. The second kappa shape index (κ2) is 36.0. The lowest BCUT2D eigenvalue weighted by Gasteiger charge is -2.24. The smallest absolute Gasteiger partial charge is 0.457 e. The number of phosphoric acid groups is 1. The van der Waals surface area contributed by atoms with Gasteiger partial charge in [-0.25, -0.2) is 4.57 Å². The maximum atomic E-state index is 12.7. The van der Waals surface area contributed by atoms with Gasteiger partial charge < -0.3 is 18.9 Å². The normalized spacial score (nSPS) is 14.1. The average Bonchev–Trinajstić information content (AvgIpc) is 3.08. The Morgan fingerprint density at radius 1 is 0.588 bits per heavy atom. The molecule has 9 heteroatoms. The summed E-state index contributed by atoms with van der Waals surface area (Å²) in [6.45, 7) is 5.59. The van der Waals surface area contributed by atoms with Crippen LogP contribution in [0.3, 0.4) is 0 Å². The summed E-state index contributed by atoms with van der Waals surface area (Å²) in [6.07, 6.45) is 39.1. The van der Waals surface area contributed by atoms with Gasteiger partial charge in [0, 0.05) is 13.0 Å². The summed E-state index contributed by atoms with van der Waals surface area (Å²) in [5, 5.41) is 0. The van der Waals surface area contributed by atoms with Gasteiger partial charge in [0.2, 0.25) is 0 Å². The Morgan fingerprint density at radius 3 is 1.51 bits per heavy atom. The molecule has 0 saturated heterocycles. The second-order valence-corrected chi connectivity index (χ2v) is 16.8. The van der Waals surface area contributed by atoms with E-state index in [2.05, 4.69) is 38.2 Å². The molecule has 8 nitrogen and oxygen atoms in total. The van der Waals surface area contributed by atoms with Crippen molar-refractivity contribution < 1.29 is 37.3 Å². The van der Waals surface area contributed by atoms with Gasteiger partial charge >= 0.3 is 13.8 Å². The van der Waals surface area contributed by atoms with Gasteiger partial charge in [-0.3, -0.25) is 13.8 Å². The molecule has 0 heterocycles. The van der Waals surface area contributed by atoms with Gasteiger partial charge in [-0.15, -0.1) is 0 Å².